The van der Waals surface area contributed by atoms with Gasteiger partial charge in [-0.15, -0.1) is 12.4 Å². The number of carbonyl (C=O) groups is 1. The highest BCUT2D eigenvalue weighted by molar-refractivity contribution is 7.91. The summed E-state index contributed by atoms with van der Waals surface area (Å²) in [5.74, 6) is -1.28. The molecule has 0 aliphatic carbocycles. The highest BCUT2D eigenvalue weighted by atomic mass is 35.5. The number of nitrogens with two attached hydrogens (primary N) is 1. The first kappa shape index (κ1) is 27.3. The van der Waals surface area contributed by atoms with E-state index in [1.165, 1.54) is 18.2 Å². The lowest BCUT2D eigenvalue weighted by Crippen LogP contribution is -2.43. The van der Waals surface area contributed by atoms with Crippen LogP contribution in [-0.4, -0.2) is 36.6 Å². The molecule has 0 bridgehead atoms. The van der Waals surface area contributed by atoms with Crippen LogP contribution < -0.4 is 11.1 Å². The van der Waals surface area contributed by atoms with Crippen molar-refractivity contribution >= 4 is 28.2 Å². The van der Waals surface area contributed by atoms with E-state index in [0.717, 1.165) is 23.3 Å². The van der Waals surface area contributed by atoms with E-state index >= 15 is 0 Å². The molecule has 5 N–H and O–H groups in total. The third-order valence-corrected chi connectivity index (χ3v) is 7.15. The van der Waals surface area contributed by atoms with Gasteiger partial charge in [0.25, 0.3) is 5.91 Å². The van der Waals surface area contributed by atoms with Gasteiger partial charge in [0.1, 0.15) is 5.75 Å². The van der Waals surface area contributed by atoms with E-state index in [1.54, 1.807) is 12.1 Å². The number of sulfone groups is 1. The Bertz CT molecular complexity index is 1230. The van der Waals surface area contributed by atoms with Crippen LogP contribution in [0.5, 0.6) is 5.75 Å². The average Bonchev–Trinajstić information content (AvgIpc) is 2.78. The molecule has 1 atom stereocenters. The number of hydrogen-bond acceptors (Lipinski definition) is 6. The second-order valence-electron chi connectivity index (χ2n) is 8.56. The minimum atomic E-state index is -3.89. The lowest BCUT2D eigenvalue weighted by Gasteiger charge is -2.28. The maximum atomic E-state index is 13.0. The first-order valence-corrected chi connectivity index (χ1v) is 11.9. The molecule has 0 aromatic heterocycles. The zero-order chi connectivity index (χ0) is 24.2. The fraction of sp³-hybridized carbons (Fsp3) is 0.240. The Balaban J connectivity index is 0.00000408. The van der Waals surface area contributed by atoms with E-state index in [0.29, 0.717) is 13.0 Å². The van der Waals surface area contributed by atoms with Crippen LogP contribution in [0.25, 0.3) is 0 Å². The fourth-order valence-corrected chi connectivity index (χ4v) is 4.83. The van der Waals surface area contributed by atoms with Crippen LogP contribution in [0.4, 0.5) is 0 Å². The van der Waals surface area contributed by atoms with E-state index in [-0.39, 0.29) is 39.0 Å². The topological polar surface area (TPSA) is 130 Å². The van der Waals surface area contributed by atoms with Crippen LogP contribution in [0.2, 0.25) is 0 Å². The number of β-amino-alcohol motifs (C(OH)–C–C–N with tert-alkyl or cyclic N) is 1. The van der Waals surface area contributed by atoms with Crippen LogP contribution in [-0.2, 0) is 16.3 Å². The van der Waals surface area contributed by atoms with Crippen molar-refractivity contribution in [3.63, 3.8) is 0 Å². The van der Waals surface area contributed by atoms with Gasteiger partial charge < -0.3 is 21.3 Å². The zero-order valence-corrected chi connectivity index (χ0v) is 20.6. The number of aromatic hydroxyl groups is 1. The zero-order valence-electron chi connectivity index (χ0n) is 18.9. The molecular weight excluding hydrogens is 476 g/mol. The highest BCUT2D eigenvalue weighted by Gasteiger charge is 2.23. The van der Waals surface area contributed by atoms with Gasteiger partial charge in [-0.3, -0.25) is 4.79 Å². The predicted molar refractivity (Wildman–Crippen MR) is 133 cm³/mol. The van der Waals surface area contributed by atoms with Gasteiger partial charge >= 0.3 is 0 Å². The average molecular weight is 505 g/mol. The number of benzene rings is 3. The minimum Gasteiger partial charge on any atom is -0.507 e. The molecule has 0 aliphatic heterocycles. The number of nitrogens with one attached hydrogen (secondary N) is 1. The molecule has 3 aromatic rings. The normalized spacial score (nSPS) is 12.6. The number of amides is 1. The molecule has 1 amide bonds. The molecule has 182 valence electrons. The van der Waals surface area contributed by atoms with Gasteiger partial charge in [-0.25, -0.2) is 8.42 Å². The molecule has 0 spiro atoms. The molecule has 0 unspecified atom stereocenters. The standard InChI is InChI=1S/C25H28N2O5S.ClH/c1-25(2,27-16-23(29)18-6-4-3-5-7-18)15-17-8-10-19(11-9-17)33(31,32)20-12-13-22(28)21(14-20)24(26)30;/h3-14,23,27-29H,15-16H2,1-2H3,(H2,26,30);1H/t23-;/m0./s1. The van der Waals surface area contributed by atoms with Crippen molar-refractivity contribution in [3.8, 4) is 5.75 Å². The molecule has 0 heterocycles. The van der Waals surface area contributed by atoms with E-state index in [2.05, 4.69) is 5.32 Å². The van der Waals surface area contributed by atoms with Crippen LogP contribution in [0.15, 0.2) is 82.6 Å². The van der Waals surface area contributed by atoms with Crippen molar-refractivity contribution in [2.75, 3.05) is 6.54 Å². The second-order valence-corrected chi connectivity index (χ2v) is 10.5. The Hall–Kier alpha value is -2.91. The van der Waals surface area contributed by atoms with Crippen molar-refractivity contribution in [1.82, 2.24) is 5.32 Å². The maximum Gasteiger partial charge on any atom is 0.252 e. The summed E-state index contributed by atoms with van der Waals surface area (Å²) < 4.78 is 25.9. The number of aliphatic hydroxyl groups is 1. The summed E-state index contributed by atoms with van der Waals surface area (Å²) in [4.78, 5) is 11.4. The molecule has 0 fully saturated rings. The Morgan fingerprint density at radius 3 is 2.18 bits per heavy atom. The van der Waals surface area contributed by atoms with Gasteiger partial charge in [0.15, 0.2) is 0 Å². The van der Waals surface area contributed by atoms with Crippen molar-refractivity contribution in [2.45, 2.75) is 41.7 Å². The van der Waals surface area contributed by atoms with Crippen LogP contribution in [0.3, 0.4) is 0 Å². The van der Waals surface area contributed by atoms with Crippen LogP contribution >= 0.6 is 12.4 Å². The minimum absolute atomic E-state index is 0. The Labute approximate surface area is 206 Å². The predicted octanol–water partition coefficient (Wildman–Crippen LogP) is 3.39. The largest absolute Gasteiger partial charge is 0.507 e. The fourth-order valence-electron chi connectivity index (χ4n) is 3.54. The van der Waals surface area contributed by atoms with Gasteiger partial charge in [-0.2, -0.15) is 0 Å². The summed E-state index contributed by atoms with van der Waals surface area (Å²) in [6, 6.07) is 19.3. The van der Waals surface area contributed by atoms with E-state index in [9.17, 15) is 23.4 Å². The summed E-state index contributed by atoms with van der Waals surface area (Å²) in [6.45, 7) is 4.40. The van der Waals surface area contributed by atoms with Gasteiger partial charge in [0.05, 0.1) is 21.5 Å². The molecule has 9 heteroatoms. The molecule has 0 aliphatic rings. The smallest absolute Gasteiger partial charge is 0.252 e. The van der Waals surface area contributed by atoms with Crippen LogP contribution in [0.1, 0.15) is 41.4 Å². The number of rotatable bonds is 9. The number of halogens is 1. The third kappa shape index (κ3) is 6.57. The first-order chi connectivity index (χ1) is 15.5. The molecular formula is C25H29ClN2O5S. The van der Waals surface area contributed by atoms with Gasteiger partial charge in [-0.05, 0) is 61.7 Å². The van der Waals surface area contributed by atoms with Gasteiger partial charge in [-0.1, -0.05) is 42.5 Å². The highest BCUT2D eigenvalue weighted by Crippen LogP contribution is 2.27. The van der Waals surface area contributed by atoms with Crippen molar-refractivity contribution in [3.05, 3.63) is 89.5 Å². The Morgan fingerprint density at radius 2 is 1.59 bits per heavy atom. The SMILES string of the molecule is CC(C)(Cc1ccc(S(=O)(=O)c2ccc(O)c(C(N)=O)c2)cc1)NC[C@H](O)c1ccccc1.Cl. The van der Waals surface area contributed by atoms with Crippen molar-refractivity contribution in [1.29, 1.82) is 0 Å². The van der Waals surface area contributed by atoms with Crippen LogP contribution in [0, 0.1) is 0 Å². The molecule has 3 aromatic carbocycles. The number of primary amides is 1. The molecule has 0 radical (unpaired) electrons. The summed E-state index contributed by atoms with van der Waals surface area (Å²) >= 11 is 0. The maximum absolute atomic E-state index is 13.0. The number of hydrogen-bond donors (Lipinski definition) is 4. The quantitative estimate of drug-likeness (QED) is 0.353. The molecule has 0 saturated heterocycles. The third-order valence-electron chi connectivity index (χ3n) is 5.38. The van der Waals surface area contributed by atoms with Crippen molar-refractivity contribution < 1.29 is 23.4 Å². The van der Waals surface area contributed by atoms with E-state index in [1.807, 2.05) is 44.2 Å². The van der Waals surface area contributed by atoms with E-state index in [4.69, 9.17) is 5.73 Å². The molecule has 3 rings (SSSR count). The molecule has 0 saturated carbocycles. The first-order valence-electron chi connectivity index (χ1n) is 10.4. The lowest BCUT2D eigenvalue weighted by atomic mass is 9.94. The van der Waals surface area contributed by atoms with Gasteiger partial charge in [0.2, 0.25) is 9.84 Å². The van der Waals surface area contributed by atoms with E-state index < -0.39 is 21.8 Å². The monoisotopic (exact) mass is 504 g/mol. The number of carbonyl (C=O) groups excluding carboxylic acids is 1. The number of aliphatic hydroxyl groups excluding tert-OH is 1. The Morgan fingerprint density at radius 1 is 1.00 bits per heavy atom. The lowest BCUT2D eigenvalue weighted by molar-refractivity contribution is 0.0997. The summed E-state index contributed by atoms with van der Waals surface area (Å²) in [6.07, 6.45) is -0.0199. The van der Waals surface area contributed by atoms with Gasteiger partial charge in [0, 0.05) is 12.1 Å². The second kappa shape index (κ2) is 11.0. The molecule has 34 heavy (non-hydrogen) atoms. The number of phenols is 1. The summed E-state index contributed by atoms with van der Waals surface area (Å²) in [7, 11) is -3.89. The summed E-state index contributed by atoms with van der Waals surface area (Å²) in [5, 5.41) is 23.5. The Kier molecular flexibility index (Phi) is 8.85. The molecule has 7 nitrogen and oxygen atoms in total. The van der Waals surface area contributed by atoms with Crippen molar-refractivity contribution in [2.24, 2.45) is 5.73 Å². The summed E-state index contributed by atoms with van der Waals surface area (Å²) in [5.41, 5.74) is 6.37.